The number of rotatable bonds is 5. The lowest BCUT2D eigenvalue weighted by molar-refractivity contribution is -0.122. The summed E-state index contributed by atoms with van der Waals surface area (Å²) in [5.74, 6) is 0.390. The van der Waals surface area contributed by atoms with E-state index in [1.165, 1.54) is 4.90 Å². The van der Waals surface area contributed by atoms with E-state index in [1.54, 1.807) is 13.2 Å². The summed E-state index contributed by atoms with van der Waals surface area (Å²) in [6, 6.07) is 14.9. The SMILES string of the molecule is COc1cccc(/C=C2\SC(=O)N(CNc3ccccc3Br)C2=O)c1. The fraction of sp³-hybridized carbons (Fsp3) is 0.111. The Morgan fingerprint density at radius 1 is 1.20 bits per heavy atom. The number of halogens is 1. The molecule has 0 aromatic heterocycles. The molecular weight excluding hydrogens is 404 g/mol. The van der Waals surface area contributed by atoms with Crippen LogP contribution in [0.2, 0.25) is 0 Å². The van der Waals surface area contributed by atoms with Crippen LogP contribution in [-0.4, -0.2) is 29.8 Å². The second kappa shape index (κ2) is 7.76. The first-order valence-electron chi connectivity index (χ1n) is 7.46. The van der Waals surface area contributed by atoms with Crippen molar-refractivity contribution in [3.8, 4) is 5.75 Å². The average molecular weight is 419 g/mol. The number of hydrogen-bond acceptors (Lipinski definition) is 5. The van der Waals surface area contributed by atoms with E-state index in [-0.39, 0.29) is 17.8 Å². The van der Waals surface area contributed by atoms with Crippen LogP contribution in [0.4, 0.5) is 10.5 Å². The molecule has 128 valence electrons. The number of benzene rings is 2. The number of anilines is 1. The lowest BCUT2D eigenvalue weighted by atomic mass is 10.2. The summed E-state index contributed by atoms with van der Waals surface area (Å²) in [7, 11) is 1.58. The molecule has 1 aliphatic rings. The first-order valence-corrected chi connectivity index (χ1v) is 9.07. The van der Waals surface area contributed by atoms with Gasteiger partial charge in [-0.1, -0.05) is 24.3 Å². The van der Waals surface area contributed by atoms with Gasteiger partial charge in [-0.2, -0.15) is 0 Å². The van der Waals surface area contributed by atoms with Crippen molar-refractivity contribution in [2.24, 2.45) is 0 Å². The molecular formula is C18H15BrN2O3S. The summed E-state index contributed by atoms with van der Waals surface area (Å²) in [6.45, 7) is 0.114. The van der Waals surface area contributed by atoms with Gasteiger partial charge >= 0.3 is 0 Å². The van der Waals surface area contributed by atoms with Crippen molar-refractivity contribution in [3.05, 3.63) is 63.5 Å². The highest BCUT2D eigenvalue weighted by Gasteiger charge is 2.34. The Bertz CT molecular complexity index is 854. The Balaban J connectivity index is 1.73. The Labute approximate surface area is 158 Å². The third-order valence-electron chi connectivity index (χ3n) is 3.57. The van der Waals surface area contributed by atoms with Gasteiger partial charge in [0.25, 0.3) is 11.1 Å². The van der Waals surface area contributed by atoms with E-state index in [0.29, 0.717) is 10.7 Å². The maximum Gasteiger partial charge on any atom is 0.295 e. The third-order valence-corrected chi connectivity index (χ3v) is 5.17. The van der Waals surface area contributed by atoms with Crippen molar-refractivity contribution in [1.82, 2.24) is 4.90 Å². The second-order valence-electron chi connectivity index (χ2n) is 5.20. The highest BCUT2D eigenvalue weighted by molar-refractivity contribution is 9.10. The number of ether oxygens (including phenoxy) is 1. The summed E-state index contributed by atoms with van der Waals surface area (Å²) in [6.07, 6.45) is 1.70. The van der Waals surface area contributed by atoms with Crippen molar-refractivity contribution in [2.75, 3.05) is 19.1 Å². The van der Waals surface area contributed by atoms with Crippen LogP contribution >= 0.6 is 27.7 Å². The van der Waals surface area contributed by atoms with Crippen LogP contribution in [-0.2, 0) is 4.79 Å². The number of para-hydroxylation sites is 1. The van der Waals surface area contributed by atoms with Crippen molar-refractivity contribution >= 4 is 50.6 Å². The van der Waals surface area contributed by atoms with E-state index in [1.807, 2.05) is 48.5 Å². The normalized spacial score (nSPS) is 15.8. The number of methoxy groups -OCH3 is 1. The molecule has 1 saturated heterocycles. The molecule has 1 fully saturated rings. The molecule has 5 nitrogen and oxygen atoms in total. The van der Waals surface area contributed by atoms with E-state index in [9.17, 15) is 9.59 Å². The van der Waals surface area contributed by atoms with Crippen molar-refractivity contribution in [1.29, 1.82) is 0 Å². The molecule has 0 spiro atoms. The highest BCUT2D eigenvalue weighted by Crippen LogP contribution is 2.33. The maximum absolute atomic E-state index is 12.5. The van der Waals surface area contributed by atoms with Crippen LogP contribution in [0.5, 0.6) is 5.75 Å². The summed E-state index contributed by atoms with van der Waals surface area (Å²) >= 11 is 4.36. The number of carbonyl (C=O) groups is 2. The van der Waals surface area contributed by atoms with E-state index < -0.39 is 0 Å². The zero-order valence-electron chi connectivity index (χ0n) is 13.4. The molecule has 25 heavy (non-hydrogen) atoms. The average Bonchev–Trinajstić information content (AvgIpc) is 2.88. The quantitative estimate of drug-likeness (QED) is 0.720. The van der Waals surface area contributed by atoms with Gasteiger partial charge in [-0.25, -0.2) is 0 Å². The van der Waals surface area contributed by atoms with Gasteiger partial charge in [0.15, 0.2) is 0 Å². The van der Waals surface area contributed by atoms with Gasteiger partial charge in [-0.3, -0.25) is 14.5 Å². The fourth-order valence-electron chi connectivity index (χ4n) is 2.29. The molecule has 0 aliphatic carbocycles. The summed E-state index contributed by atoms with van der Waals surface area (Å²) < 4.78 is 6.04. The summed E-state index contributed by atoms with van der Waals surface area (Å²) in [5, 5.41) is 2.80. The van der Waals surface area contributed by atoms with Gasteiger partial charge in [0.2, 0.25) is 0 Å². The van der Waals surface area contributed by atoms with Gasteiger partial charge in [0, 0.05) is 10.2 Å². The molecule has 1 heterocycles. The van der Waals surface area contributed by atoms with Crippen LogP contribution in [0.1, 0.15) is 5.56 Å². The molecule has 2 amide bonds. The molecule has 1 N–H and O–H groups in total. The molecule has 3 rings (SSSR count). The highest BCUT2D eigenvalue weighted by atomic mass is 79.9. The van der Waals surface area contributed by atoms with Crippen LogP contribution in [0.25, 0.3) is 6.08 Å². The van der Waals surface area contributed by atoms with E-state index in [4.69, 9.17) is 4.74 Å². The van der Waals surface area contributed by atoms with Crippen molar-refractivity contribution in [2.45, 2.75) is 0 Å². The number of amides is 2. The molecule has 0 unspecified atom stereocenters. The lowest BCUT2D eigenvalue weighted by Gasteiger charge is -2.15. The third kappa shape index (κ3) is 4.05. The lowest BCUT2D eigenvalue weighted by Crippen LogP contribution is -2.33. The number of hydrogen-bond donors (Lipinski definition) is 1. The molecule has 0 atom stereocenters. The first kappa shape index (κ1) is 17.6. The minimum atomic E-state index is -0.308. The zero-order valence-corrected chi connectivity index (χ0v) is 15.8. The molecule has 0 bridgehead atoms. The van der Waals surface area contributed by atoms with Crippen LogP contribution in [0, 0.1) is 0 Å². The second-order valence-corrected chi connectivity index (χ2v) is 7.05. The van der Waals surface area contributed by atoms with Gasteiger partial charge in [0.1, 0.15) is 5.75 Å². The smallest absolute Gasteiger partial charge is 0.295 e. The molecule has 0 saturated carbocycles. The molecule has 1 aliphatic heterocycles. The van der Waals surface area contributed by atoms with E-state index in [0.717, 1.165) is 27.5 Å². The number of thioether (sulfide) groups is 1. The minimum Gasteiger partial charge on any atom is -0.497 e. The topological polar surface area (TPSA) is 58.6 Å². The largest absolute Gasteiger partial charge is 0.497 e. The van der Waals surface area contributed by atoms with Gasteiger partial charge in [-0.15, -0.1) is 0 Å². The minimum absolute atomic E-state index is 0.114. The zero-order chi connectivity index (χ0) is 17.8. The van der Waals surface area contributed by atoms with Crippen molar-refractivity contribution in [3.63, 3.8) is 0 Å². The van der Waals surface area contributed by atoms with E-state index >= 15 is 0 Å². The van der Waals surface area contributed by atoms with Gasteiger partial charge < -0.3 is 10.1 Å². The Morgan fingerprint density at radius 3 is 2.76 bits per heavy atom. The molecule has 7 heteroatoms. The van der Waals surface area contributed by atoms with Crippen LogP contribution in [0.3, 0.4) is 0 Å². The first-order chi connectivity index (χ1) is 12.1. The fourth-order valence-corrected chi connectivity index (χ4v) is 3.55. The Morgan fingerprint density at radius 2 is 2.00 bits per heavy atom. The number of carbonyl (C=O) groups excluding carboxylic acids is 2. The number of nitrogens with one attached hydrogen (secondary N) is 1. The van der Waals surface area contributed by atoms with Gasteiger partial charge in [-0.05, 0) is 63.6 Å². The number of imide groups is 1. The van der Waals surface area contributed by atoms with Crippen molar-refractivity contribution < 1.29 is 14.3 Å². The predicted octanol–water partition coefficient (Wildman–Crippen LogP) is 4.56. The predicted molar refractivity (Wildman–Crippen MR) is 103 cm³/mol. The summed E-state index contributed by atoms with van der Waals surface area (Å²) in [4.78, 5) is 26.3. The monoisotopic (exact) mass is 418 g/mol. The molecule has 2 aromatic carbocycles. The van der Waals surface area contributed by atoms with Gasteiger partial charge in [0.05, 0.1) is 18.7 Å². The Hall–Kier alpha value is -2.25. The van der Waals surface area contributed by atoms with E-state index in [2.05, 4.69) is 21.2 Å². The Kier molecular flexibility index (Phi) is 5.45. The maximum atomic E-state index is 12.5. The molecule has 2 aromatic rings. The van der Waals surface area contributed by atoms with Crippen LogP contribution < -0.4 is 10.1 Å². The molecule has 0 radical (unpaired) electrons. The summed E-state index contributed by atoms with van der Waals surface area (Å²) in [5.41, 5.74) is 1.63. The van der Waals surface area contributed by atoms with Crippen LogP contribution in [0.15, 0.2) is 57.9 Å². The number of nitrogens with zero attached hydrogens (tertiary/aromatic N) is 1. The standard InChI is InChI=1S/C18H15BrN2O3S/c1-24-13-6-4-5-12(9-13)10-16-17(22)21(18(23)25-16)11-20-15-8-3-2-7-14(15)19/h2-10,20H,11H2,1H3/b16-10-.